The standard InChI is InChI=1S/C17H22NPSi/c1-18(20(2,3)4)17(15-11-7-5-8-12-15)19-16-13-9-6-10-14-16/h5-14H,1-4H3. The molecule has 2 rings (SSSR count). The summed E-state index contributed by atoms with van der Waals surface area (Å²) in [5.41, 5.74) is 2.72. The van der Waals surface area contributed by atoms with Gasteiger partial charge in [0, 0.05) is 10.7 Å². The first kappa shape index (κ1) is 15.2. The minimum Gasteiger partial charge on any atom is -0.295 e. The Kier molecular flexibility index (Phi) is 4.93. The number of hydrogen-bond donors (Lipinski definition) is 0. The molecule has 0 aliphatic carbocycles. The van der Waals surface area contributed by atoms with Gasteiger partial charge in [-0.25, -0.2) is 0 Å². The van der Waals surface area contributed by atoms with Crippen LogP contribution >= 0.6 is 8.20 Å². The zero-order chi connectivity index (χ0) is 14.6. The Morgan fingerprint density at radius 1 is 0.850 bits per heavy atom. The molecule has 0 fully saturated rings. The van der Waals surface area contributed by atoms with E-state index in [2.05, 4.69) is 91.9 Å². The van der Waals surface area contributed by atoms with Crippen LogP contribution in [0, 0.1) is 0 Å². The highest BCUT2D eigenvalue weighted by atomic mass is 31.1. The number of rotatable bonds is 4. The van der Waals surface area contributed by atoms with Crippen LogP contribution in [0.5, 0.6) is 0 Å². The summed E-state index contributed by atoms with van der Waals surface area (Å²) < 4.78 is 2.51. The molecule has 104 valence electrons. The van der Waals surface area contributed by atoms with Gasteiger partial charge < -0.3 is 0 Å². The largest absolute Gasteiger partial charge is 0.295 e. The molecule has 2 aromatic rings. The third-order valence-corrected chi connectivity index (χ3v) is 7.10. The molecule has 2 aromatic carbocycles. The van der Waals surface area contributed by atoms with Gasteiger partial charge >= 0.3 is 0 Å². The van der Waals surface area contributed by atoms with E-state index >= 15 is 0 Å². The average molecular weight is 299 g/mol. The second kappa shape index (κ2) is 6.49. The van der Waals surface area contributed by atoms with Crippen LogP contribution in [0.25, 0.3) is 0 Å². The Bertz CT molecular complexity index is 573. The second-order valence-electron chi connectivity index (χ2n) is 5.87. The number of hydrogen-bond acceptors (Lipinski definition) is 0. The summed E-state index contributed by atoms with van der Waals surface area (Å²) >= 11 is 0. The molecular formula is C17H22NPSi. The van der Waals surface area contributed by atoms with Gasteiger partial charge in [0.05, 0.1) is 0 Å². The van der Waals surface area contributed by atoms with E-state index in [1.807, 2.05) is 0 Å². The van der Waals surface area contributed by atoms with Gasteiger partial charge in [0.2, 0.25) is 0 Å². The summed E-state index contributed by atoms with van der Waals surface area (Å²) in [5.74, 6) is 0. The fourth-order valence-electron chi connectivity index (χ4n) is 1.86. The van der Waals surface area contributed by atoms with Crippen molar-refractivity contribution in [2.75, 3.05) is 7.05 Å². The summed E-state index contributed by atoms with van der Waals surface area (Å²) in [4.78, 5) is 0. The predicted octanol–water partition coefficient (Wildman–Crippen LogP) is 4.20. The molecule has 20 heavy (non-hydrogen) atoms. The molecule has 0 amide bonds. The zero-order valence-corrected chi connectivity index (χ0v) is 14.6. The third kappa shape index (κ3) is 3.89. The molecule has 0 saturated heterocycles. The fourth-order valence-corrected chi connectivity index (χ4v) is 4.67. The maximum Gasteiger partial charge on any atom is 0.124 e. The molecule has 0 heterocycles. The van der Waals surface area contributed by atoms with Gasteiger partial charge in [-0.2, -0.15) is 0 Å². The van der Waals surface area contributed by atoms with Gasteiger partial charge in [0.15, 0.2) is 0 Å². The predicted molar refractivity (Wildman–Crippen MR) is 94.7 cm³/mol. The first-order chi connectivity index (χ1) is 9.48. The van der Waals surface area contributed by atoms with Gasteiger partial charge in [-0.15, -0.1) is 0 Å². The molecule has 0 atom stereocenters. The zero-order valence-electron chi connectivity index (χ0n) is 12.7. The van der Waals surface area contributed by atoms with Crippen LogP contribution in [0.15, 0.2) is 60.7 Å². The lowest BCUT2D eigenvalue weighted by Crippen LogP contribution is -2.46. The summed E-state index contributed by atoms with van der Waals surface area (Å²) in [5, 5.41) is 1.34. The molecule has 3 heteroatoms. The van der Waals surface area contributed by atoms with Crippen LogP contribution in [0.3, 0.4) is 0 Å². The SMILES string of the molecule is CN(C(=Pc1ccccc1)c1ccccc1)[Si](C)(C)C. The van der Waals surface area contributed by atoms with Crippen LogP contribution in [0.1, 0.15) is 5.56 Å². The number of benzene rings is 2. The van der Waals surface area contributed by atoms with Gasteiger partial charge in [0.25, 0.3) is 0 Å². The maximum absolute atomic E-state index is 2.51. The molecule has 0 saturated carbocycles. The molecule has 0 bridgehead atoms. The molecule has 0 aliphatic rings. The lowest BCUT2D eigenvalue weighted by atomic mass is 10.2. The molecular weight excluding hydrogens is 277 g/mol. The van der Waals surface area contributed by atoms with E-state index in [1.165, 1.54) is 24.5 Å². The highest BCUT2D eigenvalue weighted by Crippen LogP contribution is 2.18. The van der Waals surface area contributed by atoms with E-state index in [-0.39, 0.29) is 0 Å². The van der Waals surface area contributed by atoms with Crippen molar-refractivity contribution >= 4 is 27.2 Å². The Labute approximate surface area is 125 Å². The molecule has 0 N–H and O–H groups in total. The molecule has 0 unspecified atom stereocenters. The van der Waals surface area contributed by atoms with E-state index in [0.29, 0.717) is 0 Å². The summed E-state index contributed by atoms with van der Waals surface area (Å²) in [6.45, 7) is 7.16. The fraction of sp³-hybridized carbons (Fsp3) is 0.235. The van der Waals surface area contributed by atoms with Crippen LogP contribution in [-0.4, -0.2) is 25.3 Å². The van der Waals surface area contributed by atoms with Crippen molar-refractivity contribution in [3.05, 3.63) is 66.2 Å². The van der Waals surface area contributed by atoms with Crippen LogP contribution in [-0.2, 0) is 0 Å². The summed E-state index contributed by atoms with van der Waals surface area (Å²) in [6, 6.07) is 21.4. The lowest BCUT2D eigenvalue weighted by molar-refractivity contribution is 0.772. The van der Waals surface area contributed by atoms with E-state index in [4.69, 9.17) is 0 Å². The van der Waals surface area contributed by atoms with Crippen molar-refractivity contribution < 1.29 is 0 Å². The first-order valence-electron chi connectivity index (χ1n) is 6.91. The molecule has 0 radical (unpaired) electrons. The van der Waals surface area contributed by atoms with E-state index in [1.54, 1.807) is 0 Å². The van der Waals surface area contributed by atoms with Crippen LogP contribution in [0.4, 0.5) is 0 Å². The molecule has 0 aromatic heterocycles. The normalized spacial score (nSPS) is 12.8. The van der Waals surface area contributed by atoms with E-state index < -0.39 is 8.24 Å². The van der Waals surface area contributed by atoms with Gasteiger partial charge in [-0.1, -0.05) is 80.3 Å². The van der Waals surface area contributed by atoms with Gasteiger partial charge in [0.1, 0.15) is 8.24 Å². The van der Waals surface area contributed by atoms with Crippen LogP contribution < -0.4 is 5.30 Å². The van der Waals surface area contributed by atoms with Crippen molar-refractivity contribution in [2.45, 2.75) is 19.6 Å². The Morgan fingerprint density at radius 3 is 1.85 bits per heavy atom. The molecule has 1 nitrogen and oxygen atoms in total. The van der Waals surface area contributed by atoms with Crippen molar-refractivity contribution in [1.82, 2.24) is 4.57 Å². The van der Waals surface area contributed by atoms with Crippen molar-refractivity contribution in [3.63, 3.8) is 0 Å². The van der Waals surface area contributed by atoms with Crippen molar-refractivity contribution in [2.24, 2.45) is 0 Å². The highest BCUT2D eigenvalue weighted by molar-refractivity contribution is 7.49. The smallest absolute Gasteiger partial charge is 0.124 e. The molecule has 0 spiro atoms. The van der Waals surface area contributed by atoms with Crippen molar-refractivity contribution in [1.29, 1.82) is 0 Å². The quantitative estimate of drug-likeness (QED) is 0.604. The third-order valence-electron chi connectivity index (χ3n) is 3.35. The topological polar surface area (TPSA) is 3.24 Å². The van der Waals surface area contributed by atoms with Crippen molar-refractivity contribution in [3.8, 4) is 0 Å². The lowest BCUT2D eigenvalue weighted by Gasteiger charge is -2.32. The Morgan fingerprint density at radius 2 is 1.35 bits per heavy atom. The Balaban J connectivity index is 2.48. The monoisotopic (exact) mass is 299 g/mol. The summed E-state index contributed by atoms with van der Waals surface area (Å²) in [7, 11) is 2.15. The maximum atomic E-state index is 2.51. The minimum atomic E-state index is -1.37. The van der Waals surface area contributed by atoms with Crippen LogP contribution in [0.2, 0.25) is 19.6 Å². The second-order valence-corrected chi connectivity index (χ2v) is 12.0. The first-order valence-corrected chi connectivity index (χ1v) is 11.3. The Hall–Kier alpha value is -1.21. The average Bonchev–Trinajstić information content (AvgIpc) is 2.45. The van der Waals surface area contributed by atoms with E-state index in [9.17, 15) is 0 Å². The van der Waals surface area contributed by atoms with E-state index in [0.717, 1.165) is 0 Å². The van der Waals surface area contributed by atoms with Gasteiger partial charge in [-0.05, 0) is 20.8 Å². The summed E-state index contributed by atoms with van der Waals surface area (Å²) in [6.07, 6.45) is 0. The minimum absolute atomic E-state index is 1.28. The van der Waals surface area contributed by atoms with Gasteiger partial charge in [-0.3, -0.25) is 4.57 Å². The highest BCUT2D eigenvalue weighted by Gasteiger charge is 2.24. The number of nitrogens with zero attached hydrogens (tertiary/aromatic N) is 1. The molecule has 0 aliphatic heterocycles.